The first-order chi connectivity index (χ1) is 6.52. The van der Waals surface area contributed by atoms with Gasteiger partial charge in [-0.05, 0) is 17.7 Å². The Balaban J connectivity index is 2.84. The Hall–Kier alpha value is -1.55. The molecule has 0 saturated heterocycles. The van der Waals surface area contributed by atoms with Crippen LogP contribution in [0.3, 0.4) is 0 Å². The van der Waals surface area contributed by atoms with Gasteiger partial charge in [-0.15, -0.1) is 0 Å². The third kappa shape index (κ3) is 2.23. The molecule has 0 saturated carbocycles. The Morgan fingerprint density at radius 1 is 1.36 bits per heavy atom. The summed E-state index contributed by atoms with van der Waals surface area (Å²) >= 11 is 0. The van der Waals surface area contributed by atoms with Crippen LogP contribution in [0.1, 0.15) is 18.5 Å². The fourth-order valence-corrected chi connectivity index (χ4v) is 1.14. The number of carboxylic acid groups (broad SMARTS) is 1. The number of hydrogen-bond donors (Lipinski definition) is 3. The fourth-order valence-electron chi connectivity index (χ4n) is 1.14. The summed E-state index contributed by atoms with van der Waals surface area (Å²) in [5, 5.41) is 17.8. The summed E-state index contributed by atoms with van der Waals surface area (Å²) in [6.07, 6.45) is 0. The summed E-state index contributed by atoms with van der Waals surface area (Å²) in [4.78, 5) is 10.7. The SMILES string of the molecule is C[C@@H](C(=O)O)[C@H](N)c1ccc(O)cc1. The van der Waals surface area contributed by atoms with E-state index in [0.717, 1.165) is 0 Å². The van der Waals surface area contributed by atoms with E-state index in [1.807, 2.05) is 0 Å². The molecule has 1 rings (SSSR count). The number of phenolic OH excluding ortho intramolecular Hbond substituents is 1. The Kier molecular flexibility index (Phi) is 3.09. The molecule has 1 aromatic rings. The van der Waals surface area contributed by atoms with Gasteiger partial charge in [-0.3, -0.25) is 4.79 Å². The van der Waals surface area contributed by atoms with Gasteiger partial charge in [0.2, 0.25) is 0 Å². The smallest absolute Gasteiger partial charge is 0.308 e. The second kappa shape index (κ2) is 4.11. The minimum atomic E-state index is -0.925. The molecule has 1 aromatic carbocycles. The van der Waals surface area contributed by atoms with Crippen LogP contribution in [-0.2, 0) is 4.79 Å². The molecule has 0 bridgehead atoms. The number of aliphatic carboxylic acids is 1. The largest absolute Gasteiger partial charge is 0.508 e. The Labute approximate surface area is 82.0 Å². The lowest BCUT2D eigenvalue weighted by Gasteiger charge is -2.16. The van der Waals surface area contributed by atoms with E-state index in [0.29, 0.717) is 5.56 Å². The maximum absolute atomic E-state index is 10.7. The molecular weight excluding hydrogens is 182 g/mol. The standard InChI is InChI=1S/C10H13NO3/c1-6(10(13)14)9(11)7-2-4-8(12)5-3-7/h2-6,9,12H,11H2,1H3,(H,13,14)/t6-,9+/m1/s1. The quantitative estimate of drug-likeness (QED) is 0.674. The van der Waals surface area contributed by atoms with Crippen molar-refractivity contribution in [3.8, 4) is 5.75 Å². The van der Waals surface area contributed by atoms with Gasteiger partial charge < -0.3 is 15.9 Å². The fraction of sp³-hybridized carbons (Fsp3) is 0.300. The first-order valence-electron chi connectivity index (χ1n) is 4.29. The summed E-state index contributed by atoms with van der Waals surface area (Å²) in [5.41, 5.74) is 6.43. The number of nitrogens with two attached hydrogens (primary N) is 1. The maximum Gasteiger partial charge on any atom is 0.308 e. The van der Waals surface area contributed by atoms with Crippen molar-refractivity contribution in [2.45, 2.75) is 13.0 Å². The topological polar surface area (TPSA) is 83.5 Å². The first-order valence-corrected chi connectivity index (χ1v) is 4.29. The highest BCUT2D eigenvalue weighted by Crippen LogP contribution is 2.21. The van der Waals surface area contributed by atoms with Gasteiger partial charge in [0.15, 0.2) is 0 Å². The summed E-state index contributed by atoms with van der Waals surface area (Å²) in [5.74, 6) is -1.42. The van der Waals surface area contributed by atoms with Crippen LogP contribution >= 0.6 is 0 Å². The van der Waals surface area contributed by atoms with Crippen LogP contribution in [0.2, 0.25) is 0 Å². The predicted molar refractivity (Wildman–Crippen MR) is 51.8 cm³/mol. The summed E-state index contributed by atoms with van der Waals surface area (Å²) in [7, 11) is 0. The second-order valence-electron chi connectivity index (χ2n) is 3.24. The van der Waals surface area contributed by atoms with E-state index in [9.17, 15) is 4.79 Å². The molecule has 0 aromatic heterocycles. The molecule has 4 nitrogen and oxygen atoms in total. The molecule has 0 fully saturated rings. The molecule has 76 valence electrons. The highest BCUT2D eigenvalue weighted by molar-refractivity contribution is 5.70. The van der Waals surface area contributed by atoms with Crippen LogP contribution in [0.15, 0.2) is 24.3 Å². The van der Waals surface area contributed by atoms with Crippen LogP contribution in [0.25, 0.3) is 0 Å². The van der Waals surface area contributed by atoms with Gasteiger partial charge in [-0.2, -0.15) is 0 Å². The lowest BCUT2D eigenvalue weighted by atomic mass is 9.95. The molecule has 0 aliphatic carbocycles. The van der Waals surface area contributed by atoms with Gasteiger partial charge in [0, 0.05) is 6.04 Å². The Morgan fingerprint density at radius 3 is 2.29 bits per heavy atom. The highest BCUT2D eigenvalue weighted by Gasteiger charge is 2.21. The van der Waals surface area contributed by atoms with Crippen molar-refractivity contribution in [1.82, 2.24) is 0 Å². The molecule has 2 atom stereocenters. The number of hydrogen-bond acceptors (Lipinski definition) is 3. The number of carboxylic acids is 1. The van der Waals surface area contributed by atoms with E-state index in [4.69, 9.17) is 15.9 Å². The molecule has 0 aliphatic rings. The van der Waals surface area contributed by atoms with Gasteiger partial charge >= 0.3 is 5.97 Å². The van der Waals surface area contributed by atoms with Crippen LogP contribution in [0.4, 0.5) is 0 Å². The van der Waals surface area contributed by atoms with Crippen LogP contribution in [0.5, 0.6) is 5.75 Å². The average Bonchev–Trinajstić information content (AvgIpc) is 2.16. The van der Waals surface area contributed by atoms with E-state index in [-0.39, 0.29) is 5.75 Å². The van der Waals surface area contributed by atoms with E-state index in [1.165, 1.54) is 12.1 Å². The van der Waals surface area contributed by atoms with E-state index >= 15 is 0 Å². The lowest BCUT2D eigenvalue weighted by Crippen LogP contribution is -2.25. The van der Waals surface area contributed by atoms with Crippen LogP contribution < -0.4 is 5.73 Å². The summed E-state index contributed by atoms with van der Waals surface area (Å²) in [6.45, 7) is 1.56. The highest BCUT2D eigenvalue weighted by atomic mass is 16.4. The van der Waals surface area contributed by atoms with E-state index in [1.54, 1.807) is 19.1 Å². The number of carbonyl (C=O) groups is 1. The predicted octanol–water partition coefficient (Wildman–Crippen LogP) is 1.11. The molecule has 14 heavy (non-hydrogen) atoms. The molecule has 0 unspecified atom stereocenters. The van der Waals surface area contributed by atoms with Crippen molar-refractivity contribution >= 4 is 5.97 Å². The average molecular weight is 195 g/mol. The van der Waals surface area contributed by atoms with Crippen molar-refractivity contribution < 1.29 is 15.0 Å². The third-order valence-corrected chi connectivity index (χ3v) is 2.21. The van der Waals surface area contributed by atoms with E-state index < -0.39 is 17.9 Å². The summed E-state index contributed by atoms with van der Waals surface area (Å²) in [6, 6.07) is 5.68. The van der Waals surface area contributed by atoms with Gasteiger partial charge in [-0.1, -0.05) is 19.1 Å². The molecule has 4 heteroatoms. The number of aromatic hydroxyl groups is 1. The zero-order valence-electron chi connectivity index (χ0n) is 7.84. The van der Waals surface area contributed by atoms with E-state index in [2.05, 4.69) is 0 Å². The molecule has 4 N–H and O–H groups in total. The van der Waals surface area contributed by atoms with Gasteiger partial charge in [0.05, 0.1) is 5.92 Å². The lowest BCUT2D eigenvalue weighted by molar-refractivity contribution is -0.141. The number of benzene rings is 1. The first kappa shape index (κ1) is 10.5. The minimum absolute atomic E-state index is 0.143. The van der Waals surface area contributed by atoms with Gasteiger partial charge in [0.1, 0.15) is 5.75 Å². The van der Waals surface area contributed by atoms with Crippen molar-refractivity contribution in [1.29, 1.82) is 0 Å². The Bertz CT molecular complexity index is 321. The maximum atomic E-state index is 10.7. The second-order valence-corrected chi connectivity index (χ2v) is 3.24. The zero-order chi connectivity index (χ0) is 10.7. The normalized spacial score (nSPS) is 14.7. The molecule has 0 aliphatic heterocycles. The number of phenols is 1. The van der Waals surface area contributed by atoms with Crippen molar-refractivity contribution in [3.63, 3.8) is 0 Å². The molecule has 0 spiro atoms. The Morgan fingerprint density at radius 2 is 1.86 bits per heavy atom. The van der Waals surface area contributed by atoms with Crippen LogP contribution in [-0.4, -0.2) is 16.2 Å². The monoisotopic (exact) mass is 195 g/mol. The zero-order valence-corrected chi connectivity index (χ0v) is 7.84. The summed E-state index contributed by atoms with van der Waals surface area (Å²) < 4.78 is 0. The molecular formula is C10H13NO3. The van der Waals surface area contributed by atoms with Crippen LogP contribution in [0, 0.1) is 5.92 Å². The van der Waals surface area contributed by atoms with Crippen molar-refractivity contribution in [2.75, 3.05) is 0 Å². The van der Waals surface area contributed by atoms with Crippen molar-refractivity contribution in [3.05, 3.63) is 29.8 Å². The van der Waals surface area contributed by atoms with Gasteiger partial charge in [0.25, 0.3) is 0 Å². The molecule has 0 heterocycles. The van der Waals surface area contributed by atoms with Crippen molar-refractivity contribution in [2.24, 2.45) is 11.7 Å². The minimum Gasteiger partial charge on any atom is -0.508 e. The third-order valence-electron chi connectivity index (χ3n) is 2.21. The molecule has 0 radical (unpaired) electrons. The van der Waals surface area contributed by atoms with Gasteiger partial charge in [-0.25, -0.2) is 0 Å². The number of rotatable bonds is 3. The molecule has 0 amide bonds.